The SMILES string of the molecule is O=C(c1ccc(F)cc1)C1CN(c2ncn[nH]2)C(=O)CS1. The van der Waals surface area contributed by atoms with Crippen LogP contribution in [0.4, 0.5) is 10.3 Å². The molecular weight excluding hydrogens is 295 g/mol. The van der Waals surface area contributed by atoms with Gasteiger partial charge in [-0.2, -0.15) is 10.1 Å². The molecule has 1 atom stereocenters. The van der Waals surface area contributed by atoms with E-state index in [2.05, 4.69) is 15.2 Å². The van der Waals surface area contributed by atoms with Crippen molar-refractivity contribution >= 4 is 29.4 Å². The Hall–Kier alpha value is -2.22. The first kappa shape index (κ1) is 13.7. The fourth-order valence-corrected chi connectivity index (χ4v) is 3.10. The highest BCUT2D eigenvalue weighted by molar-refractivity contribution is 8.01. The smallest absolute Gasteiger partial charge is 0.239 e. The van der Waals surface area contributed by atoms with Crippen LogP contribution >= 0.6 is 11.8 Å². The summed E-state index contributed by atoms with van der Waals surface area (Å²) in [5, 5.41) is 5.92. The van der Waals surface area contributed by atoms with Crippen LogP contribution in [0.2, 0.25) is 0 Å². The predicted octanol–water partition coefficient (Wildman–Crippen LogP) is 1.28. The Morgan fingerprint density at radius 3 is 2.81 bits per heavy atom. The Kier molecular flexibility index (Phi) is 3.70. The molecular formula is C13H11FN4O2S. The number of carbonyl (C=O) groups is 2. The van der Waals surface area contributed by atoms with Crippen LogP contribution in [-0.4, -0.2) is 44.4 Å². The molecule has 2 heterocycles. The number of anilines is 1. The molecule has 2 aromatic rings. The lowest BCUT2D eigenvalue weighted by Crippen LogP contribution is -2.45. The van der Waals surface area contributed by atoms with Gasteiger partial charge in [0.25, 0.3) is 0 Å². The molecule has 1 aliphatic heterocycles. The van der Waals surface area contributed by atoms with Crippen molar-refractivity contribution in [1.82, 2.24) is 15.2 Å². The lowest BCUT2D eigenvalue weighted by atomic mass is 10.1. The fourth-order valence-electron chi connectivity index (χ4n) is 2.06. The summed E-state index contributed by atoms with van der Waals surface area (Å²) >= 11 is 1.28. The van der Waals surface area contributed by atoms with Gasteiger partial charge >= 0.3 is 0 Å². The first-order valence-electron chi connectivity index (χ1n) is 6.22. The molecule has 21 heavy (non-hydrogen) atoms. The normalized spacial score (nSPS) is 18.8. The Balaban J connectivity index is 1.78. The third-order valence-electron chi connectivity index (χ3n) is 3.14. The molecule has 0 spiro atoms. The number of thioether (sulfide) groups is 1. The van der Waals surface area contributed by atoms with E-state index in [0.717, 1.165) is 0 Å². The van der Waals surface area contributed by atoms with Crippen molar-refractivity contribution in [3.05, 3.63) is 42.0 Å². The molecule has 8 heteroatoms. The molecule has 0 saturated carbocycles. The average molecular weight is 306 g/mol. The lowest BCUT2D eigenvalue weighted by molar-refractivity contribution is -0.116. The Bertz CT molecular complexity index is 659. The number of amides is 1. The van der Waals surface area contributed by atoms with Crippen molar-refractivity contribution in [1.29, 1.82) is 0 Å². The summed E-state index contributed by atoms with van der Waals surface area (Å²) in [5.41, 5.74) is 0.431. The first-order chi connectivity index (χ1) is 10.1. The van der Waals surface area contributed by atoms with Gasteiger partial charge in [-0.05, 0) is 24.3 Å². The monoisotopic (exact) mass is 306 g/mol. The van der Waals surface area contributed by atoms with E-state index in [1.165, 1.54) is 47.3 Å². The molecule has 1 fully saturated rings. The van der Waals surface area contributed by atoms with E-state index in [4.69, 9.17) is 0 Å². The van der Waals surface area contributed by atoms with Gasteiger partial charge in [0.2, 0.25) is 11.9 Å². The number of nitrogens with one attached hydrogen (secondary N) is 1. The number of carbonyl (C=O) groups excluding carboxylic acids is 2. The van der Waals surface area contributed by atoms with Crippen LogP contribution in [0.3, 0.4) is 0 Å². The van der Waals surface area contributed by atoms with Crippen molar-refractivity contribution in [2.24, 2.45) is 0 Å². The first-order valence-corrected chi connectivity index (χ1v) is 7.27. The summed E-state index contributed by atoms with van der Waals surface area (Å²) in [6.45, 7) is 0.217. The zero-order valence-electron chi connectivity index (χ0n) is 10.8. The van der Waals surface area contributed by atoms with E-state index >= 15 is 0 Å². The van der Waals surface area contributed by atoms with Crippen LogP contribution in [-0.2, 0) is 4.79 Å². The zero-order chi connectivity index (χ0) is 14.8. The van der Waals surface area contributed by atoms with Crippen LogP contribution in [0.25, 0.3) is 0 Å². The molecule has 3 rings (SSSR count). The van der Waals surface area contributed by atoms with Crippen molar-refractivity contribution in [3.63, 3.8) is 0 Å². The standard InChI is InChI=1S/C13H11FN4O2S/c14-9-3-1-8(2-4-9)12(20)10-5-18(11(19)6-21-10)13-15-7-16-17-13/h1-4,7,10H,5-6H2,(H,15,16,17). The molecule has 1 aromatic heterocycles. The molecule has 0 bridgehead atoms. The summed E-state index contributed by atoms with van der Waals surface area (Å²) in [6, 6.07) is 5.40. The number of ketones is 1. The lowest BCUT2D eigenvalue weighted by Gasteiger charge is -2.29. The number of nitrogens with zero attached hydrogens (tertiary/aromatic N) is 3. The number of halogens is 1. The summed E-state index contributed by atoms with van der Waals surface area (Å²) in [4.78, 5) is 29.7. The summed E-state index contributed by atoms with van der Waals surface area (Å²) < 4.78 is 12.9. The number of Topliss-reactive ketones (excluding diaryl/α,β-unsaturated/α-hetero) is 1. The molecule has 1 unspecified atom stereocenters. The summed E-state index contributed by atoms with van der Waals surface area (Å²) in [6.07, 6.45) is 1.31. The van der Waals surface area contributed by atoms with Gasteiger partial charge in [-0.3, -0.25) is 14.5 Å². The van der Waals surface area contributed by atoms with Gasteiger partial charge in [-0.15, -0.1) is 11.8 Å². The Morgan fingerprint density at radius 2 is 2.14 bits per heavy atom. The van der Waals surface area contributed by atoms with Crippen LogP contribution in [0, 0.1) is 5.82 Å². The molecule has 6 nitrogen and oxygen atoms in total. The second kappa shape index (κ2) is 5.65. The molecule has 0 radical (unpaired) electrons. The van der Waals surface area contributed by atoms with Gasteiger partial charge in [0.1, 0.15) is 12.1 Å². The van der Waals surface area contributed by atoms with Crippen molar-refractivity contribution in [3.8, 4) is 0 Å². The highest BCUT2D eigenvalue weighted by Gasteiger charge is 2.33. The van der Waals surface area contributed by atoms with Gasteiger partial charge in [-0.1, -0.05) is 0 Å². The van der Waals surface area contributed by atoms with E-state index in [0.29, 0.717) is 11.5 Å². The number of aromatic amines is 1. The van der Waals surface area contributed by atoms with Crippen LogP contribution in [0.1, 0.15) is 10.4 Å². The van der Waals surface area contributed by atoms with E-state index in [1.54, 1.807) is 0 Å². The minimum atomic E-state index is -0.404. The second-order valence-corrected chi connectivity index (χ2v) is 5.68. The quantitative estimate of drug-likeness (QED) is 0.864. The highest BCUT2D eigenvalue weighted by Crippen LogP contribution is 2.25. The van der Waals surface area contributed by atoms with Crippen LogP contribution < -0.4 is 4.90 Å². The minimum Gasteiger partial charge on any atom is -0.293 e. The summed E-state index contributed by atoms with van der Waals surface area (Å²) in [7, 11) is 0. The van der Waals surface area contributed by atoms with Crippen LogP contribution in [0.5, 0.6) is 0 Å². The highest BCUT2D eigenvalue weighted by atomic mass is 32.2. The number of aromatic nitrogens is 3. The van der Waals surface area contributed by atoms with Crippen LogP contribution in [0.15, 0.2) is 30.6 Å². The van der Waals surface area contributed by atoms with E-state index in [1.807, 2.05) is 0 Å². The molecule has 1 aromatic carbocycles. The molecule has 1 amide bonds. The maximum atomic E-state index is 12.9. The van der Waals surface area contributed by atoms with Gasteiger partial charge in [0.05, 0.1) is 11.0 Å². The molecule has 1 saturated heterocycles. The van der Waals surface area contributed by atoms with Gasteiger partial charge in [0, 0.05) is 12.1 Å². The predicted molar refractivity (Wildman–Crippen MR) is 75.7 cm³/mol. The Labute approximate surface area is 123 Å². The number of H-pyrrole nitrogens is 1. The largest absolute Gasteiger partial charge is 0.293 e. The molecule has 0 aliphatic carbocycles. The minimum absolute atomic E-state index is 0.125. The third-order valence-corrected chi connectivity index (χ3v) is 4.32. The molecule has 1 N–H and O–H groups in total. The second-order valence-electron chi connectivity index (χ2n) is 4.48. The van der Waals surface area contributed by atoms with Gasteiger partial charge < -0.3 is 0 Å². The zero-order valence-corrected chi connectivity index (χ0v) is 11.6. The van der Waals surface area contributed by atoms with E-state index in [-0.39, 0.29) is 29.8 Å². The molecule has 1 aliphatic rings. The van der Waals surface area contributed by atoms with Crippen molar-refractivity contribution in [2.75, 3.05) is 17.2 Å². The van der Waals surface area contributed by atoms with Crippen molar-refractivity contribution < 1.29 is 14.0 Å². The summed E-state index contributed by atoms with van der Waals surface area (Å²) in [5.74, 6) is -0.117. The number of hydrogen-bond donors (Lipinski definition) is 1. The number of hydrogen-bond acceptors (Lipinski definition) is 5. The van der Waals surface area contributed by atoms with Crippen molar-refractivity contribution in [2.45, 2.75) is 5.25 Å². The number of benzene rings is 1. The average Bonchev–Trinajstić information content (AvgIpc) is 3.02. The molecule has 108 valence electrons. The maximum Gasteiger partial charge on any atom is 0.239 e. The number of rotatable bonds is 3. The van der Waals surface area contributed by atoms with E-state index < -0.39 is 5.25 Å². The Morgan fingerprint density at radius 1 is 1.38 bits per heavy atom. The van der Waals surface area contributed by atoms with Gasteiger partial charge in [0.15, 0.2) is 5.78 Å². The van der Waals surface area contributed by atoms with E-state index in [9.17, 15) is 14.0 Å². The third kappa shape index (κ3) is 2.80. The fraction of sp³-hybridized carbons (Fsp3) is 0.231. The maximum absolute atomic E-state index is 12.9. The van der Waals surface area contributed by atoms with Gasteiger partial charge in [-0.25, -0.2) is 9.49 Å². The topological polar surface area (TPSA) is 79.0 Å².